The van der Waals surface area contributed by atoms with E-state index < -0.39 is 15.6 Å². The largest absolute Gasteiger partial charge is 0.323 e. The van der Waals surface area contributed by atoms with Crippen molar-refractivity contribution in [3.63, 3.8) is 0 Å². The van der Waals surface area contributed by atoms with Gasteiger partial charge in [-0.2, -0.15) is 0 Å². The fourth-order valence-corrected chi connectivity index (χ4v) is 7.30. The Labute approximate surface area is 176 Å². The molecule has 4 fully saturated rings. The van der Waals surface area contributed by atoms with E-state index in [4.69, 9.17) is 11.6 Å². The Morgan fingerprint density at radius 1 is 1.14 bits per heavy atom. The van der Waals surface area contributed by atoms with E-state index in [0.717, 1.165) is 25.2 Å². The molecule has 1 aromatic rings. The number of likely N-dealkylation sites (tertiary alicyclic amines) is 2. The fourth-order valence-electron chi connectivity index (χ4n) is 5.54. The number of sulfonamides is 1. The van der Waals surface area contributed by atoms with Crippen LogP contribution in [0.25, 0.3) is 0 Å². The summed E-state index contributed by atoms with van der Waals surface area (Å²) in [5.74, 6) is 0.832. The van der Waals surface area contributed by atoms with Gasteiger partial charge in [0, 0.05) is 43.5 Å². The van der Waals surface area contributed by atoms with Crippen LogP contribution in [0.15, 0.2) is 18.3 Å². The highest BCUT2D eigenvalue weighted by molar-refractivity contribution is 7.89. The van der Waals surface area contributed by atoms with Crippen molar-refractivity contribution >= 4 is 27.7 Å². The maximum absolute atomic E-state index is 12.7. The first-order valence-electron chi connectivity index (χ1n) is 10.4. The van der Waals surface area contributed by atoms with Gasteiger partial charge in [-0.15, -0.1) is 0 Å². The Hall–Kier alpha value is -1.38. The zero-order valence-corrected chi connectivity index (χ0v) is 18.0. The number of pyridine rings is 1. The first-order valence-corrected chi connectivity index (χ1v) is 12.4. The lowest BCUT2D eigenvalue weighted by Crippen LogP contribution is -2.72. The third-order valence-electron chi connectivity index (χ3n) is 7.25. The molecule has 4 aliphatic rings. The Morgan fingerprint density at radius 3 is 2.41 bits per heavy atom. The van der Waals surface area contributed by atoms with E-state index in [9.17, 15) is 13.2 Å². The molecule has 7 nitrogen and oxygen atoms in total. The second-order valence-corrected chi connectivity index (χ2v) is 11.8. The number of urea groups is 1. The van der Waals surface area contributed by atoms with Gasteiger partial charge < -0.3 is 9.80 Å². The molecule has 3 saturated heterocycles. The van der Waals surface area contributed by atoms with Crippen molar-refractivity contribution in [1.82, 2.24) is 19.5 Å². The third kappa shape index (κ3) is 3.75. The van der Waals surface area contributed by atoms with Crippen molar-refractivity contribution in [2.24, 2.45) is 11.3 Å². The van der Waals surface area contributed by atoms with Crippen LogP contribution in [-0.4, -0.2) is 66.7 Å². The quantitative estimate of drug-likeness (QED) is 0.767. The maximum Gasteiger partial charge on any atom is 0.320 e. The molecule has 158 valence electrons. The molecule has 0 aromatic carbocycles. The number of carbonyl (C=O) groups excluding carboxylic acids is 1. The Bertz CT molecular complexity index is 898. The van der Waals surface area contributed by atoms with Crippen LogP contribution >= 0.6 is 11.6 Å². The summed E-state index contributed by atoms with van der Waals surface area (Å²) in [6.45, 7) is 2.69. The minimum absolute atomic E-state index is 0.0693. The van der Waals surface area contributed by atoms with E-state index in [2.05, 4.69) is 9.71 Å². The van der Waals surface area contributed by atoms with E-state index in [1.807, 2.05) is 17.0 Å². The van der Waals surface area contributed by atoms with Crippen LogP contribution in [0, 0.1) is 11.3 Å². The van der Waals surface area contributed by atoms with Crippen LogP contribution < -0.4 is 4.72 Å². The van der Waals surface area contributed by atoms with Gasteiger partial charge in [0.05, 0.1) is 16.3 Å². The topological polar surface area (TPSA) is 82.6 Å². The number of aromatic nitrogens is 1. The summed E-state index contributed by atoms with van der Waals surface area (Å²) in [4.78, 5) is 20.9. The summed E-state index contributed by atoms with van der Waals surface area (Å²) in [7, 11) is -3.14. The molecule has 1 N–H and O–H groups in total. The number of rotatable bonds is 2. The Balaban J connectivity index is 1.08. The molecule has 0 atom stereocenters. The summed E-state index contributed by atoms with van der Waals surface area (Å²) in [6.07, 6.45) is 8.01. The van der Waals surface area contributed by atoms with E-state index in [1.54, 1.807) is 11.1 Å². The number of nitrogens with one attached hydrogen (secondary N) is 1. The average molecular weight is 439 g/mol. The first kappa shape index (κ1) is 19.6. The smallest absolute Gasteiger partial charge is 0.320 e. The van der Waals surface area contributed by atoms with Gasteiger partial charge in [0.1, 0.15) is 0 Å². The van der Waals surface area contributed by atoms with Gasteiger partial charge in [0.15, 0.2) is 0 Å². The highest BCUT2D eigenvalue weighted by Crippen LogP contribution is 2.47. The lowest BCUT2D eigenvalue weighted by Gasteiger charge is -2.57. The maximum atomic E-state index is 12.7. The standard InChI is InChI=1S/C20H27ClN4O3S/c21-16-1-2-17(22-10-16)9-15-3-5-19(6-4-15)11-24(12-19)18(26)25-13-20(14-25)7-8-29(27,28)23-20/h1-2,10,15,23H,3-9,11-14H2. The van der Waals surface area contributed by atoms with Gasteiger partial charge in [-0.25, -0.2) is 17.9 Å². The number of nitrogens with zero attached hydrogens (tertiary/aromatic N) is 3. The van der Waals surface area contributed by atoms with Crippen LogP contribution in [0.1, 0.15) is 37.8 Å². The van der Waals surface area contributed by atoms with Crippen LogP contribution in [0.4, 0.5) is 4.79 Å². The first-order chi connectivity index (χ1) is 13.8. The molecule has 1 aliphatic carbocycles. The number of carbonyl (C=O) groups is 1. The zero-order chi connectivity index (χ0) is 20.3. The number of amides is 2. The third-order valence-corrected chi connectivity index (χ3v) is 8.96. The lowest BCUT2D eigenvalue weighted by molar-refractivity contribution is -0.0333. The van der Waals surface area contributed by atoms with Crippen molar-refractivity contribution in [2.75, 3.05) is 31.9 Å². The molecule has 5 rings (SSSR count). The molecule has 2 amide bonds. The number of hydrogen-bond acceptors (Lipinski definition) is 4. The summed E-state index contributed by atoms with van der Waals surface area (Å²) >= 11 is 5.91. The summed E-state index contributed by atoms with van der Waals surface area (Å²) in [6, 6.07) is 3.99. The second kappa shape index (κ2) is 6.82. The molecule has 9 heteroatoms. The second-order valence-electron chi connectivity index (χ2n) is 9.56. The highest BCUT2D eigenvalue weighted by Gasteiger charge is 2.54. The predicted molar refractivity (Wildman–Crippen MR) is 110 cm³/mol. The molecule has 0 bridgehead atoms. The van der Waals surface area contributed by atoms with Gasteiger partial charge >= 0.3 is 6.03 Å². The van der Waals surface area contributed by atoms with Gasteiger partial charge in [-0.3, -0.25) is 4.98 Å². The molecular formula is C20H27ClN4O3S. The minimum atomic E-state index is -3.14. The number of hydrogen-bond donors (Lipinski definition) is 1. The van der Waals surface area contributed by atoms with Crippen LogP contribution in [-0.2, 0) is 16.4 Å². The molecular weight excluding hydrogens is 412 g/mol. The minimum Gasteiger partial charge on any atom is -0.323 e. The number of halogens is 1. The van der Waals surface area contributed by atoms with Crippen molar-refractivity contribution in [2.45, 2.75) is 44.1 Å². The van der Waals surface area contributed by atoms with E-state index in [0.29, 0.717) is 30.5 Å². The van der Waals surface area contributed by atoms with Crippen molar-refractivity contribution < 1.29 is 13.2 Å². The summed E-state index contributed by atoms with van der Waals surface area (Å²) in [5, 5.41) is 0.675. The predicted octanol–water partition coefficient (Wildman–Crippen LogP) is 2.27. The molecule has 29 heavy (non-hydrogen) atoms. The summed E-state index contributed by atoms with van der Waals surface area (Å²) in [5.41, 5.74) is 0.997. The van der Waals surface area contributed by atoms with E-state index in [-0.39, 0.29) is 17.2 Å². The summed E-state index contributed by atoms with van der Waals surface area (Å²) < 4.78 is 26.0. The average Bonchev–Trinajstić information content (AvgIpc) is 2.97. The molecule has 3 aliphatic heterocycles. The monoisotopic (exact) mass is 438 g/mol. The zero-order valence-electron chi connectivity index (χ0n) is 16.4. The highest BCUT2D eigenvalue weighted by atomic mass is 35.5. The van der Waals surface area contributed by atoms with Gasteiger partial charge in [0.25, 0.3) is 0 Å². The van der Waals surface area contributed by atoms with Crippen molar-refractivity contribution in [3.8, 4) is 0 Å². The van der Waals surface area contributed by atoms with Gasteiger partial charge in [-0.1, -0.05) is 11.6 Å². The molecule has 1 saturated carbocycles. The Morgan fingerprint density at radius 2 is 1.83 bits per heavy atom. The van der Waals surface area contributed by atoms with Crippen LogP contribution in [0.3, 0.4) is 0 Å². The lowest BCUT2D eigenvalue weighted by atomic mass is 9.65. The van der Waals surface area contributed by atoms with E-state index in [1.165, 1.54) is 25.7 Å². The molecule has 1 aromatic heterocycles. The Kier molecular flexibility index (Phi) is 4.60. The molecule has 0 radical (unpaired) electrons. The molecule has 4 heterocycles. The van der Waals surface area contributed by atoms with Crippen molar-refractivity contribution in [3.05, 3.63) is 29.0 Å². The van der Waals surface area contributed by atoms with E-state index >= 15 is 0 Å². The molecule has 0 unspecified atom stereocenters. The van der Waals surface area contributed by atoms with Gasteiger partial charge in [0.2, 0.25) is 10.0 Å². The SMILES string of the molecule is O=C(N1CC2(CCC(Cc3ccc(Cl)cn3)CC2)C1)N1CC2(CCS(=O)(=O)N2)C1. The molecule has 2 spiro atoms. The normalized spacial score (nSPS) is 27.1. The fraction of sp³-hybridized carbons (Fsp3) is 0.700. The van der Waals surface area contributed by atoms with Crippen LogP contribution in [0.2, 0.25) is 5.02 Å². The van der Waals surface area contributed by atoms with Gasteiger partial charge in [-0.05, 0) is 56.6 Å². The van der Waals surface area contributed by atoms with Crippen LogP contribution in [0.5, 0.6) is 0 Å². The van der Waals surface area contributed by atoms with Crippen molar-refractivity contribution in [1.29, 1.82) is 0 Å².